The van der Waals surface area contributed by atoms with Crippen molar-refractivity contribution in [3.05, 3.63) is 88.7 Å². The molecular weight excluding hydrogens is 450 g/mol. The molecule has 0 unspecified atom stereocenters. The number of aromatic nitrogens is 2. The summed E-state index contributed by atoms with van der Waals surface area (Å²) in [6, 6.07) is 20.3. The number of hydrogen-bond acceptors (Lipinski definition) is 4. The summed E-state index contributed by atoms with van der Waals surface area (Å²) in [6.07, 6.45) is 1.87. The number of benzene rings is 3. The zero-order valence-electron chi connectivity index (χ0n) is 21.6. The second-order valence-electron chi connectivity index (χ2n) is 9.38. The Balaban J connectivity index is 1.32. The lowest BCUT2D eigenvalue weighted by Gasteiger charge is -2.12. The van der Waals surface area contributed by atoms with Crippen molar-refractivity contribution < 1.29 is 14.3 Å². The highest BCUT2D eigenvalue weighted by atomic mass is 16.5. The van der Waals surface area contributed by atoms with Crippen LogP contribution in [0, 0.1) is 27.7 Å². The number of imidazole rings is 1. The lowest BCUT2D eigenvalue weighted by molar-refractivity contribution is -0.123. The van der Waals surface area contributed by atoms with Crippen molar-refractivity contribution in [3.63, 3.8) is 0 Å². The van der Waals surface area contributed by atoms with Gasteiger partial charge in [0.1, 0.15) is 17.3 Å². The van der Waals surface area contributed by atoms with Crippen LogP contribution in [0.1, 0.15) is 40.9 Å². The smallest absolute Gasteiger partial charge is 0.258 e. The van der Waals surface area contributed by atoms with Gasteiger partial charge in [-0.2, -0.15) is 0 Å². The van der Waals surface area contributed by atoms with Gasteiger partial charge in [-0.1, -0.05) is 30.3 Å². The molecule has 188 valence electrons. The minimum absolute atomic E-state index is 0.0275. The molecule has 4 aromatic rings. The summed E-state index contributed by atoms with van der Waals surface area (Å²) in [6.45, 7) is 9.94. The van der Waals surface area contributed by atoms with E-state index in [0.717, 1.165) is 58.9 Å². The van der Waals surface area contributed by atoms with Crippen LogP contribution >= 0.6 is 0 Å². The minimum Gasteiger partial charge on any atom is -0.494 e. The molecule has 1 amide bonds. The highest BCUT2D eigenvalue weighted by Gasteiger charge is 2.12. The Morgan fingerprint density at radius 2 is 1.67 bits per heavy atom. The van der Waals surface area contributed by atoms with E-state index < -0.39 is 0 Å². The average molecular weight is 486 g/mol. The monoisotopic (exact) mass is 485 g/mol. The maximum Gasteiger partial charge on any atom is 0.258 e. The third-order valence-electron chi connectivity index (χ3n) is 6.12. The molecule has 1 N–H and O–H groups in total. The molecule has 0 saturated heterocycles. The number of amides is 1. The molecule has 0 spiro atoms. The summed E-state index contributed by atoms with van der Waals surface area (Å²) in [7, 11) is 0. The molecule has 1 heterocycles. The average Bonchev–Trinajstić information content (AvgIpc) is 3.20. The summed E-state index contributed by atoms with van der Waals surface area (Å²) in [5.41, 5.74) is 6.53. The highest BCUT2D eigenvalue weighted by molar-refractivity contribution is 5.78. The van der Waals surface area contributed by atoms with Crippen LogP contribution in [-0.2, 0) is 17.9 Å². The van der Waals surface area contributed by atoms with Crippen molar-refractivity contribution in [1.82, 2.24) is 14.9 Å². The van der Waals surface area contributed by atoms with Gasteiger partial charge in [-0.15, -0.1) is 0 Å². The zero-order valence-corrected chi connectivity index (χ0v) is 21.6. The molecule has 0 aliphatic heterocycles. The van der Waals surface area contributed by atoms with Crippen molar-refractivity contribution in [2.75, 3.05) is 13.2 Å². The largest absolute Gasteiger partial charge is 0.494 e. The summed E-state index contributed by atoms with van der Waals surface area (Å²) >= 11 is 0. The van der Waals surface area contributed by atoms with Crippen molar-refractivity contribution in [3.8, 4) is 11.5 Å². The van der Waals surface area contributed by atoms with E-state index in [2.05, 4.69) is 48.0 Å². The van der Waals surface area contributed by atoms with Crippen LogP contribution in [0.25, 0.3) is 11.0 Å². The number of nitrogens with one attached hydrogen (secondary N) is 1. The van der Waals surface area contributed by atoms with Crippen molar-refractivity contribution in [1.29, 1.82) is 0 Å². The zero-order chi connectivity index (χ0) is 25.5. The number of fused-ring (bicyclic) bond motifs is 1. The number of aryl methyl sites for hydroxylation is 5. The molecule has 4 rings (SSSR count). The van der Waals surface area contributed by atoms with Gasteiger partial charge >= 0.3 is 0 Å². The van der Waals surface area contributed by atoms with Gasteiger partial charge in [-0.05, 0) is 93.1 Å². The Bertz CT molecular complexity index is 1320. The number of para-hydroxylation sites is 2. The van der Waals surface area contributed by atoms with E-state index in [4.69, 9.17) is 14.5 Å². The first-order valence-electron chi connectivity index (χ1n) is 12.5. The Labute approximate surface area is 213 Å². The summed E-state index contributed by atoms with van der Waals surface area (Å²) in [5.74, 6) is 2.33. The van der Waals surface area contributed by atoms with Crippen LogP contribution in [0.4, 0.5) is 0 Å². The fourth-order valence-corrected chi connectivity index (χ4v) is 4.32. The number of hydrogen-bond donors (Lipinski definition) is 1. The fourth-order valence-electron chi connectivity index (χ4n) is 4.32. The fraction of sp³-hybridized carbons (Fsp3) is 0.333. The van der Waals surface area contributed by atoms with Gasteiger partial charge in [0.2, 0.25) is 0 Å². The molecule has 0 radical (unpaired) electrons. The van der Waals surface area contributed by atoms with Crippen LogP contribution in [0.2, 0.25) is 0 Å². The normalized spacial score (nSPS) is 11.0. The van der Waals surface area contributed by atoms with E-state index >= 15 is 0 Å². The van der Waals surface area contributed by atoms with Gasteiger partial charge in [0.15, 0.2) is 6.61 Å². The molecule has 0 aliphatic rings. The standard InChI is InChI=1S/C30H35N3O3/c1-21-11-12-24(4)28(18-21)36-20-30(34)31-19-29-32-26-9-5-6-10-27(26)33(29)13-7-8-14-35-25-16-22(2)15-23(3)17-25/h5-6,9-12,15-18H,7-8,13-14,19-20H2,1-4H3,(H,31,34). The van der Waals surface area contributed by atoms with E-state index in [1.165, 1.54) is 11.1 Å². The summed E-state index contributed by atoms with van der Waals surface area (Å²) < 4.78 is 13.9. The van der Waals surface area contributed by atoms with Gasteiger partial charge < -0.3 is 19.4 Å². The molecule has 0 bridgehead atoms. The molecule has 1 aromatic heterocycles. The first-order valence-corrected chi connectivity index (χ1v) is 12.5. The van der Waals surface area contributed by atoms with E-state index in [0.29, 0.717) is 13.2 Å². The van der Waals surface area contributed by atoms with Gasteiger partial charge in [0.05, 0.1) is 24.2 Å². The van der Waals surface area contributed by atoms with Crippen LogP contribution in [-0.4, -0.2) is 28.7 Å². The van der Waals surface area contributed by atoms with Crippen LogP contribution in [0.5, 0.6) is 11.5 Å². The van der Waals surface area contributed by atoms with Gasteiger partial charge in [0.25, 0.3) is 5.91 Å². The molecule has 36 heavy (non-hydrogen) atoms. The number of rotatable bonds is 11. The predicted molar refractivity (Wildman–Crippen MR) is 144 cm³/mol. The van der Waals surface area contributed by atoms with Crippen LogP contribution in [0.3, 0.4) is 0 Å². The van der Waals surface area contributed by atoms with Crippen LogP contribution < -0.4 is 14.8 Å². The number of carbonyl (C=O) groups excluding carboxylic acids is 1. The molecular formula is C30H35N3O3. The van der Waals surface area contributed by atoms with Crippen molar-refractivity contribution >= 4 is 16.9 Å². The maximum absolute atomic E-state index is 12.5. The van der Waals surface area contributed by atoms with E-state index in [-0.39, 0.29) is 12.5 Å². The number of nitrogens with zero attached hydrogens (tertiary/aromatic N) is 2. The summed E-state index contributed by atoms with van der Waals surface area (Å²) in [4.78, 5) is 17.3. The predicted octanol–water partition coefficient (Wildman–Crippen LogP) is 5.82. The topological polar surface area (TPSA) is 65.4 Å². The number of ether oxygens (including phenoxy) is 2. The lowest BCUT2D eigenvalue weighted by Crippen LogP contribution is -2.29. The van der Waals surface area contributed by atoms with Crippen LogP contribution in [0.15, 0.2) is 60.7 Å². The minimum atomic E-state index is -0.170. The first kappa shape index (κ1) is 25.3. The molecule has 6 nitrogen and oxygen atoms in total. The number of unbranched alkanes of at least 4 members (excludes halogenated alkanes) is 1. The SMILES string of the molecule is Cc1cc(C)cc(OCCCCn2c(CNC(=O)COc3cc(C)ccc3C)nc3ccccc32)c1. The van der Waals surface area contributed by atoms with Crippen molar-refractivity contribution in [2.45, 2.75) is 53.6 Å². The van der Waals surface area contributed by atoms with Gasteiger partial charge in [-0.3, -0.25) is 4.79 Å². The van der Waals surface area contributed by atoms with Gasteiger partial charge in [0, 0.05) is 6.54 Å². The molecule has 3 aromatic carbocycles. The summed E-state index contributed by atoms with van der Waals surface area (Å²) in [5, 5.41) is 2.97. The second-order valence-corrected chi connectivity index (χ2v) is 9.38. The Morgan fingerprint density at radius 1 is 0.889 bits per heavy atom. The van der Waals surface area contributed by atoms with Gasteiger partial charge in [-0.25, -0.2) is 4.98 Å². The quantitative estimate of drug-likeness (QED) is 0.272. The molecule has 6 heteroatoms. The Hall–Kier alpha value is -3.80. The van der Waals surface area contributed by atoms with Crippen molar-refractivity contribution in [2.24, 2.45) is 0 Å². The maximum atomic E-state index is 12.5. The molecule has 0 atom stereocenters. The van der Waals surface area contributed by atoms with E-state index in [9.17, 15) is 4.79 Å². The number of carbonyl (C=O) groups is 1. The molecule has 0 aliphatic carbocycles. The Kier molecular flexibility index (Phi) is 8.26. The van der Waals surface area contributed by atoms with E-state index in [1.54, 1.807) is 0 Å². The van der Waals surface area contributed by atoms with E-state index in [1.807, 2.05) is 50.2 Å². The highest BCUT2D eigenvalue weighted by Crippen LogP contribution is 2.20. The third kappa shape index (κ3) is 6.66. The Morgan fingerprint density at radius 3 is 2.47 bits per heavy atom. The molecule has 0 fully saturated rings. The second kappa shape index (κ2) is 11.8. The molecule has 0 saturated carbocycles. The lowest BCUT2D eigenvalue weighted by atomic mass is 10.1. The first-order chi connectivity index (χ1) is 17.4. The third-order valence-corrected chi connectivity index (χ3v) is 6.12.